The van der Waals surface area contributed by atoms with Gasteiger partial charge in [0.25, 0.3) is 5.78 Å². The van der Waals surface area contributed by atoms with Gasteiger partial charge in [-0.25, -0.2) is 0 Å². The van der Waals surface area contributed by atoms with E-state index in [-0.39, 0.29) is 21.7 Å². The minimum absolute atomic E-state index is 0.0297. The lowest BCUT2D eigenvalue weighted by Gasteiger charge is -2.38. The molecule has 6 aliphatic carbocycles. The fraction of sp³-hybridized carbons (Fsp3) is 0.588. The summed E-state index contributed by atoms with van der Waals surface area (Å²) in [5.74, 6) is -1.73. The molecule has 0 aromatic heterocycles. The van der Waals surface area contributed by atoms with Crippen molar-refractivity contribution >= 4 is 17.3 Å². The molecule has 5 fully saturated rings. The Balaban J connectivity index is 2.00. The molecule has 3 heteroatoms. The van der Waals surface area contributed by atoms with Crippen molar-refractivity contribution in [2.75, 3.05) is 0 Å². The molecule has 0 aromatic carbocycles. The van der Waals surface area contributed by atoms with E-state index in [9.17, 15) is 14.4 Å². The molecule has 0 aromatic rings. The Morgan fingerprint density at radius 3 is 1.35 bits per heavy atom. The van der Waals surface area contributed by atoms with Crippen molar-refractivity contribution in [2.45, 2.75) is 27.7 Å². The van der Waals surface area contributed by atoms with Gasteiger partial charge in [0.1, 0.15) is 0 Å². The highest BCUT2D eigenvalue weighted by molar-refractivity contribution is 6.71. The largest absolute Gasteiger partial charge is 0.289 e. The van der Waals surface area contributed by atoms with Gasteiger partial charge in [-0.15, -0.1) is 0 Å². The summed E-state index contributed by atoms with van der Waals surface area (Å²) in [7, 11) is 0. The molecule has 2 unspecified atom stereocenters. The number of carbonyl (C=O) groups is 3. The molecule has 6 aliphatic rings. The zero-order valence-corrected chi connectivity index (χ0v) is 12.0. The van der Waals surface area contributed by atoms with Crippen LogP contribution >= 0.6 is 0 Å². The minimum Gasteiger partial charge on any atom is -0.289 e. The minimum atomic E-state index is -0.929. The molecule has 20 heavy (non-hydrogen) atoms. The topological polar surface area (TPSA) is 51.2 Å². The molecule has 102 valence electrons. The second kappa shape index (κ2) is 2.11. The Kier molecular flexibility index (Phi) is 1.18. The van der Waals surface area contributed by atoms with Crippen molar-refractivity contribution in [3.8, 4) is 0 Å². The van der Waals surface area contributed by atoms with Gasteiger partial charge >= 0.3 is 0 Å². The van der Waals surface area contributed by atoms with Crippen LogP contribution in [0.2, 0.25) is 0 Å². The van der Waals surface area contributed by atoms with E-state index < -0.39 is 28.2 Å². The summed E-state index contributed by atoms with van der Waals surface area (Å²) in [6, 6.07) is 0. The van der Waals surface area contributed by atoms with Crippen LogP contribution in [0.5, 0.6) is 0 Å². The van der Waals surface area contributed by atoms with Crippen LogP contribution in [-0.2, 0) is 14.4 Å². The van der Waals surface area contributed by atoms with Crippen LogP contribution in [0.1, 0.15) is 27.7 Å². The first-order chi connectivity index (χ1) is 9.18. The van der Waals surface area contributed by atoms with E-state index in [1.165, 1.54) is 0 Å². The molecule has 3 nitrogen and oxygen atoms in total. The molecule has 0 spiro atoms. The maximum Gasteiger partial charge on any atom is 0.266 e. The Morgan fingerprint density at radius 2 is 1.00 bits per heavy atom. The van der Waals surface area contributed by atoms with Gasteiger partial charge in [0.05, 0.1) is 10.8 Å². The fourth-order valence-corrected chi connectivity index (χ4v) is 7.97. The molecular weight excluding hydrogens is 252 g/mol. The van der Waals surface area contributed by atoms with Gasteiger partial charge in [0, 0.05) is 0 Å². The van der Waals surface area contributed by atoms with Crippen LogP contribution in [0.3, 0.4) is 0 Å². The molecule has 0 heterocycles. The lowest BCUT2D eigenvalue weighted by Crippen LogP contribution is -2.44. The Labute approximate surface area is 117 Å². The van der Waals surface area contributed by atoms with E-state index in [0.29, 0.717) is 0 Å². The third kappa shape index (κ3) is 0.434. The predicted octanol–water partition coefficient (Wildman–Crippen LogP) is 1.87. The third-order valence-corrected chi connectivity index (χ3v) is 9.01. The van der Waals surface area contributed by atoms with Gasteiger partial charge < -0.3 is 0 Å². The van der Waals surface area contributed by atoms with Crippen LogP contribution in [-0.4, -0.2) is 17.3 Å². The third-order valence-electron chi connectivity index (χ3n) is 9.01. The molecule has 6 rings (SSSR count). The van der Waals surface area contributed by atoms with E-state index in [0.717, 1.165) is 0 Å². The summed E-state index contributed by atoms with van der Waals surface area (Å²) in [5, 5.41) is 0. The van der Waals surface area contributed by atoms with E-state index >= 15 is 0 Å². The molecule has 0 saturated heterocycles. The SMILES string of the molecule is CC12C3(C)C1(C)[C@@]14C=CC=C[C@@]1(C(=O)C(=O)C4=O)C23C. The first-order valence-electron chi connectivity index (χ1n) is 7.19. The molecule has 0 N–H and O–H groups in total. The van der Waals surface area contributed by atoms with Crippen LogP contribution in [0.25, 0.3) is 0 Å². The van der Waals surface area contributed by atoms with Crippen molar-refractivity contribution in [2.24, 2.45) is 32.5 Å². The van der Waals surface area contributed by atoms with Crippen molar-refractivity contribution < 1.29 is 14.4 Å². The lowest BCUT2D eigenvalue weighted by molar-refractivity contribution is -0.143. The monoisotopic (exact) mass is 268 g/mol. The molecule has 2 bridgehead atoms. The first kappa shape index (κ1) is 11.2. The number of allylic oxidation sites excluding steroid dienone is 4. The molecule has 0 aliphatic heterocycles. The number of hydrogen-bond acceptors (Lipinski definition) is 3. The number of Topliss-reactive ketones (excluding diaryl/α,β-unsaturated/α-hetero) is 3. The van der Waals surface area contributed by atoms with Crippen LogP contribution in [0, 0.1) is 32.5 Å². The highest BCUT2D eigenvalue weighted by atomic mass is 16.2. The number of carbonyl (C=O) groups excluding carboxylic acids is 3. The summed E-state index contributed by atoms with van der Waals surface area (Å²) in [6.07, 6.45) is 7.40. The second-order valence-electron chi connectivity index (χ2n) is 7.82. The van der Waals surface area contributed by atoms with Crippen molar-refractivity contribution in [1.82, 2.24) is 0 Å². The van der Waals surface area contributed by atoms with Gasteiger partial charge in [0.15, 0.2) is 0 Å². The van der Waals surface area contributed by atoms with E-state index in [1.54, 1.807) is 0 Å². The van der Waals surface area contributed by atoms with E-state index in [2.05, 4.69) is 27.7 Å². The highest BCUT2D eigenvalue weighted by Crippen LogP contribution is 3.19. The van der Waals surface area contributed by atoms with Gasteiger partial charge in [-0.05, 0) is 21.7 Å². The second-order valence-corrected chi connectivity index (χ2v) is 7.82. The maximum absolute atomic E-state index is 12.8. The first-order valence-corrected chi connectivity index (χ1v) is 7.19. The Morgan fingerprint density at radius 1 is 0.650 bits per heavy atom. The number of rotatable bonds is 0. The molecule has 4 atom stereocenters. The molecule has 0 amide bonds. The van der Waals surface area contributed by atoms with E-state index in [4.69, 9.17) is 0 Å². The quantitative estimate of drug-likeness (QED) is 0.630. The van der Waals surface area contributed by atoms with Gasteiger partial charge in [-0.1, -0.05) is 52.0 Å². The number of hydrogen-bond donors (Lipinski definition) is 0. The Bertz CT molecular complexity index is 682. The maximum atomic E-state index is 12.8. The normalized spacial score (nSPS) is 67.1. The fourth-order valence-electron chi connectivity index (χ4n) is 7.97. The summed E-state index contributed by atoms with van der Waals surface area (Å²) in [4.78, 5) is 37.7. The average molecular weight is 268 g/mol. The lowest BCUT2D eigenvalue weighted by atomic mass is 9.60. The van der Waals surface area contributed by atoms with Crippen molar-refractivity contribution in [3.63, 3.8) is 0 Å². The standard InChI is InChI=1S/C17H16O3/c1-12-13(2)14(12,3)16-7-5-6-8-17(16,15(12,13)4)11(20)9(18)10(16)19/h5-8H,1-4H3/t12?,13?,14?,15?,16-,17+. The van der Waals surface area contributed by atoms with Gasteiger partial charge in [-0.3, -0.25) is 14.4 Å². The summed E-state index contributed by atoms with van der Waals surface area (Å²) >= 11 is 0. The van der Waals surface area contributed by atoms with Gasteiger partial charge in [0.2, 0.25) is 11.6 Å². The number of ketones is 3. The van der Waals surface area contributed by atoms with E-state index in [1.807, 2.05) is 24.3 Å². The van der Waals surface area contributed by atoms with Crippen molar-refractivity contribution in [3.05, 3.63) is 24.3 Å². The predicted molar refractivity (Wildman–Crippen MR) is 70.6 cm³/mol. The molecule has 5 saturated carbocycles. The summed E-state index contributed by atoms with van der Waals surface area (Å²) < 4.78 is 0. The average Bonchev–Trinajstić information content (AvgIpc) is 2.94. The zero-order chi connectivity index (χ0) is 14.6. The summed E-state index contributed by atoms with van der Waals surface area (Å²) in [6.45, 7) is 8.58. The Hall–Kier alpha value is -1.51. The zero-order valence-electron chi connectivity index (χ0n) is 12.0. The molecule has 0 radical (unpaired) electrons. The van der Waals surface area contributed by atoms with Crippen LogP contribution in [0.4, 0.5) is 0 Å². The van der Waals surface area contributed by atoms with Crippen molar-refractivity contribution in [1.29, 1.82) is 0 Å². The van der Waals surface area contributed by atoms with Crippen LogP contribution in [0.15, 0.2) is 24.3 Å². The smallest absolute Gasteiger partial charge is 0.266 e. The van der Waals surface area contributed by atoms with Gasteiger partial charge in [-0.2, -0.15) is 0 Å². The molecular formula is C17H16O3. The highest BCUT2D eigenvalue weighted by Gasteiger charge is 3.20. The van der Waals surface area contributed by atoms with Crippen LogP contribution < -0.4 is 0 Å². The summed E-state index contributed by atoms with van der Waals surface area (Å²) in [5.41, 5.74) is -2.47.